The van der Waals surface area contributed by atoms with E-state index in [1.807, 2.05) is 41.3 Å². The molecule has 3 aromatic carbocycles. The van der Waals surface area contributed by atoms with Gasteiger partial charge in [-0.05, 0) is 97.6 Å². The molecule has 2 amide bonds. The molecule has 47 heavy (non-hydrogen) atoms. The summed E-state index contributed by atoms with van der Waals surface area (Å²) in [4.78, 5) is 34.9. The summed E-state index contributed by atoms with van der Waals surface area (Å²) in [6.07, 6.45) is 6.85. The Kier molecular flexibility index (Phi) is 11.2. The predicted molar refractivity (Wildman–Crippen MR) is 191 cm³/mol. The number of nitrogens with one attached hydrogen (secondary N) is 2. The van der Waals surface area contributed by atoms with Crippen molar-refractivity contribution in [1.29, 1.82) is 0 Å². The lowest BCUT2D eigenvalue weighted by Crippen LogP contribution is -2.58. The van der Waals surface area contributed by atoms with Crippen LogP contribution in [0.25, 0.3) is 0 Å². The topological polar surface area (TPSA) is 67.9 Å². The molecule has 0 bridgehead atoms. The molecule has 0 spiro atoms. The summed E-state index contributed by atoms with van der Waals surface area (Å²) in [7, 11) is 0. The standard InChI is InChI=1S/C39H50ClN5O2/c1-3-18-43(19-4-2)33-17-14-29-10-7-11-37(34(29)26-33)44-20-22-45(23-21-44)39(47)36(24-28-12-15-32(40)16-13-28)42-38(46)35-25-30-8-5-6-9-31(30)27-41-35/h5-13,15-16,33,35-36,41H,3-4,14,17-27H2,1-2H3,(H,42,46)/t33?,35-,36-/m1/s1. The van der Waals surface area contributed by atoms with Crippen LogP contribution in [-0.4, -0.2) is 79.0 Å². The Morgan fingerprint density at radius 3 is 2.32 bits per heavy atom. The number of hydrogen-bond donors (Lipinski definition) is 2. The Balaban J connectivity index is 1.13. The summed E-state index contributed by atoms with van der Waals surface area (Å²) in [6, 6.07) is 22.2. The zero-order valence-electron chi connectivity index (χ0n) is 28.0. The second-order valence-electron chi connectivity index (χ2n) is 13.5. The smallest absolute Gasteiger partial charge is 0.245 e. The van der Waals surface area contributed by atoms with Crippen molar-refractivity contribution in [1.82, 2.24) is 20.4 Å². The van der Waals surface area contributed by atoms with Gasteiger partial charge >= 0.3 is 0 Å². The molecule has 2 heterocycles. The van der Waals surface area contributed by atoms with Gasteiger partial charge in [0.1, 0.15) is 6.04 Å². The summed E-state index contributed by atoms with van der Waals surface area (Å²) >= 11 is 6.16. The number of rotatable bonds is 11. The van der Waals surface area contributed by atoms with Crippen molar-refractivity contribution in [2.24, 2.45) is 0 Å². The maximum Gasteiger partial charge on any atom is 0.245 e. The largest absolute Gasteiger partial charge is 0.368 e. The van der Waals surface area contributed by atoms with Gasteiger partial charge in [0.15, 0.2) is 0 Å². The average Bonchev–Trinajstić information content (AvgIpc) is 3.11. The summed E-state index contributed by atoms with van der Waals surface area (Å²) in [5.74, 6) is -0.148. The van der Waals surface area contributed by atoms with Crippen molar-refractivity contribution < 1.29 is 9.59 Å². The van der Waals surface area contributed by atoms with Crippen LogP contribution in [-0.2, 0) is 41.8 Å². The van der Waals surface area contributed by atoms with Crippen molar-refractivity contribution in [2.75, 3.05) is 44.2 Å². The lowest BCUT2D eigenvalue weighted by Gasteiger charge is -2.41. The lowest BCUT2D eigenvalue weighted by atomic mass is 9.85. The molecule has 3 aromatic rings. The van der Waals surface area contributed by atoms with Crippen LogP contribution in [0.5, 0.6) is 0 Å². The fourth-order valence-corrected chi connectivity index (χ4v) is 7.89. The van der Waals surface area contributed by atoms with E-state index in [1.165, 1.54) is 47.2 Å². The van der Waals surface area contributed by atoms with Gasteiger partial charge in [0.2, 0.25) is 11.8 Å². The monoisotopic (exact) mass is 655 g/mol. The number of benzene rings is 3. The molecule has 1 saturated heterocycles. The van der Waals surface area contributed by atoms with E-state index in [4.69, 9.17) is 11.6 Å². The molecule has 0 radical (unpaired) electrons. The highest BCUT2D eigenvalue weighted by molar-refractivity contribution is 6.30. The number of aryl methyl sites for hydroxylation is 1. The van der Waals surface area contributed by atoms with Gasteiger partial charge in [0.25, 0.3) is 0 Å². The van der Waals surface area contributed by atoms with Crippen LogP contribution in [0.3, 0.4) is 0 Å². The molecule has 6 rings (SSSR count). The normalized spacial score (nSPS) is 20.0. The molecular weight excluding hydrogens is 606 g/mol. The number of hydrogen-bond acceptors (Lipinski definition) is 5. The molecule has 0 saturated carbocycles. The minimum Gasteiger partial charge on any atom is -0.368 e. The quantitative estimate of drug-likeness (QED) is 0.289. The third-order valence-electron chi connectivity index (χ3n) is 10.3. The summed E-state index contributed by atoms with van der Waals surface area (Å²) in [5, 5.41) is 7.19. The van der Waals surface area contributed by atoms with Gasteiger partial charge < -0.3 is 25.3 Å². The maximum atomic E-state index is 14.1. The Labute approximate surface area is 285 Å². The molecule has 1 unspecified atom stereocenters. The van der Waals surface area contributed by atoms with E-state index >= 15 is 0 Å². The molecule has 7 nitrogen and oxygen atoms in total. The van der Waals surface area contributed by atoms with Crippen molar-refractivity contribution in [3.05, 3.63) is 99.6 Å². The highest BCUT2D eigenvalue weighted by Crippen LogP contribution is 2.33. The number of halogens is 1. The maximum absolute atomic E-state index is 14.1. The zero-order valence-corrected chi connectivity index (χ0v) is 28.8. The zero-order chi connectivity index (χ0) is 32.8. The Hall–Kier alpha value is -3.39. The second-order valence-corrected chi connectivity index (χ2v) is 13.9. The van der Waals surface area contributed by atoms with Gasteiger partial charge in [-0.15, -0.1) is 0 Å². The molecule has 0 aromatic heterocycles. The van der Waals surface area contributed by atoms with E-state index in [0.717, 1.165) is 44.6 Å². The number of nitrogens with zero attached hydrogens (tertiary/aromatic N) is 3. The summed E-state index contributed by atoms with van der Waals surface area (Å²) < 4.78 is 0. The Morgan fingerprint density at radius 2 is 1.60 bits per heavy atom. The van der Waals surface area contributed by atoms with Crippen molar-refractivity contribution in [3.63, 3.8) is 0 Å². The minimum absolute atomic E-state index is 0.0194. The first-order valence-corrected chi connectivity index (χ1v) is 18.0. The van der Waals surface area contributed by atoms with Crippen LogP contribution in [0.2, 0.25) is 5.02 Å². The van der Waals surface area contributed by atoms with Gasteiger partial charge in [0.05, 0.1) is 6.04 Å². The van der Waals surface area contributed by atoms with Gasteiger partial charge in [0, 0.05) is 55.9 Å². The SMILES string of the molecule is CCCN(CCC)C1CCc2cccc(N3CCN(C(=O)[C@@H](Cc4ccc(Cl)cc4)NC(=O)[C@H]4Cc5ccccc5CN4)CC3)c2C1. The van der Waals surface area contributed by atoms with Gasteiger partial charge in [-0.2, -0.15) is 0 Å². The molecule has 1 fully saturated rings. The first kappa shape index (κ1) is 33.5. The molecule has 2 aliphatic heterocycles. The molecule has 1 aliphatic carbocycles. The van der Waals surface area contributed by atoms with E-state index in [0.29, 0.717) is 43.5 Å². The molecule has 3 aliphatic rings. The fourth-order valence-electron chi connectivity index (χ4n) is 7.77. The molecule has 250 valence electrons. The van der Waals surface area contributed by atoms with Crippen molar-refractivity contribution in [2.45, 2.75) is 83.5 Å². The van der Waals surface area contributed by atoms with Crippen LogP contribution in [0.1, 0.15) is 60.9 Å². The third-order valence-corrected chi connectivity index (χ3v) is 10.5. The van der Waals surface area contributed by atoms with E-state index in [-0.39, 0.29) is 17.9 Å². The Morgan fingerprint density at radius 1 is 0.894 bits per heavy atom. The van der Waals surface area contributed by atoms with Crippen LogP contribution >= 0.6 is 11.6 Å². The number of anilines is 1. The molecular formula is C39H50ClN5O2. The van der Waals surface area contributed by atoms with Gasteiger partial charge in [-0.25, -0.2) is 0 Å². The Bertz CT molecular complexity index is 1510. The number of carbonyl (C=O) groups excluding carboxylic acids is 2. The number of fused-ring (bicyclic) bond motifs is 2. The average molecular weight is 656 g/mol. The summed E-state index contributed by atoms with van der Waals surface area (Å²) in [5.41, 5.74) is 7.69. The van der Waals surface area contributed by atoms with Crippen LogP contribution in [0, 0.1) is 0 Å². The van der Waals surface area contributed by atoms with Crippen molar-refractivity contribution in [3.8, 4) is 0 Å². The van der Waals surface area contributed by atoms with E-state index in [2.05, 4.69) is 64.6 Å². The third kappa shape index (κ3) is 8.02. The van der Waals surface area contributed by atoms with E-state index in [9.17, 15) is 9.59 Å². The highest BCUT2D eigenvalue weighted by atomic mass is 35.5. The van der Waals surface area contributed by atoms with Gasteiger partial charge in [-0.1, -0.05) is 74.0 Å². The lowest BCUT2D eigenvalue weighted by molar-refractivity contribution is -0.137. The molecule has 3 atom stereocenters. The van der Waals surface area contributed by atoms with E-state index < -0.39 is 6.04 Å². The summed E-state index contributed by atoms with van der Waals surface area (Å²) in [6.45, 7) is 10.4. The minimum atomic E-state index is -0.650. The van der Waals surface area contributed by atoms with Gasteiger partial charge in [-0.3, -0.25) is 9.59 Å². The van der Waals surface area contributed by atoms with Crippen LogP contribution in [0.4, 0.5) is 5.69 Å². The number of amides is 2. The van der Waals surface area contributed by atoms with Crippen LogP contribution < -0.4 is 15.5 Å². The number of piperazine rings is 1. The fraction of sp³-hybridized carbons (Fsp3) is 0.487. The second kappa shape index (κ2) is 15.7. The first-order valence-electron chi connectivity index (χ1n) is 17.7. The first-order chi connectivity index (χ1) is 22.9. The van der Waals surface area contributed by atoms with Crippen LogP contribution in [0.15, 0.2) is 66.7 Å². The molecule has 8 heteroatoms. The number of carbonyl (C=O) groups is 2. The molecule has 2 N–H and O–H groups in total. The van der Waals surface area contributed by atoms with Crippen molar-refractivity contribution >= 4 is 29.1 Å². The van der Waals surface area contributed by atoms with E-state index in [1.54, 1.807) is 0 Å². The highest BCUT2D eigenvalue weighted by Gasteiger charge is 2.33. The predicted octanol–water partition coefficient (Wildman–Crippen LogP) is 5.41.